The summed E-state index contributed by atoms with van der Waals surface area (Å²) in [6.45, 7) is 2.63. The fourth-order valence-electron chi connectivity index (χ4n) is 1.70. The van der Waals surface area contributed by atoms with E-state index < -0.39 is 5.97 Å². The largest absolute Gasteiger partial charge is 0.481 e. The summed E-state index contributed by atoms with van der Waals surface area (Å²) in [5.41, 5.74) is 0. The third-order valence-electron chi connectivity index (χ3n) is 2.94. The zero-order valence-corrected chi connectivity index (χ0v) is 10.4. The maximum absolute atomic E-state index is 11.4. The number of rotatable bonds is 8. The molecule has 1 atom stereocenters. The van der Waals surface area contributed by atoms with Crippen molar-refractivity contribution >= 4 is 12.0 Å². The molecule has 3 N–H and O–H groups in total. The van der Waals surface area contributed by atoms with Crippen molar-refractivity contribution in [1.29, 1.82) is 0 Å². The topological polar surface area (TPSA) is 78.4 Å². The average molecular weight is 242 g/mol. The van der Waals surface area contributed by atoms with E-state index in [1.807, 2.05) is 6.92 Å². The highest BCUT2D eigenvalue weighted by atomic mass is 16.4. The average Bonchev–Trinajstić information content (AvgIpc) is 3.00. The maximum Gasteiger partial charge on any atom is 0.314 e. The number of carboxylic acid groups (broad SMARTS) is 1. The van der Waals surface area contributed by atoms with E-state index in [9.17, 15) is 9.59 Å². The molecule has 0 aromatic carbocycles. The molecular formula is C12H22N2O3. The zero-order valence-electron chi connectivity index (χ0n) is 10.4. The summed E-state index contributed by atoms with van der Waals surface area (Å²) < 4.78 is 0. The summed E-state index contributed by atoms with van der Waals surface area (Å²) in [5, 5.41) is 14.1. The molecule has 0 aromatic rings. The number of amides is 2. The summed E-state index contributed by atoms with van der Waals surface area (Å²) in [5.74, 6) is 0.0365. The molecule has 1 fully saturated rings. The lowest BCUT2D eigenvalue weighted by molar-refractivity contribution is -0.137. The molecule has 2 amide bonds. The second kappa shape index (κ2) is 7.14. The number of hydrogen-bond acceptors (Lipinski definition) is 2. The fraction of sp³-hybridized carbons (Fsp3) is 0.833. The molecule has 1 rings (SSSR count). The lowest BCUT2D eigenvalue weighted by Crippen LogP contribution is -2.41. The van der Waals surface area contributed by atoms with Crippen molar-refractivity contribution in [2.75, 3.05) is 6.54 Å². The third kappa shape index (κ3) is 7.60. The molecule has 1 aliphatic carbocycles. The van der Waals surface area contributed by atoms with Crippen LogP contribution >= 0.6 is 0 Å². The van der Waals surface area contributed by atoms with Gasteiger partial charge < -0.3 is 15.7 Å². The lowest BCUT2D eigenvalue weighted by atomic mass is 10.1. The maximum atomic E-state index is 11.4. The van der Waals surface area contributed by atoms with Crippen LogP contribution in [0, 0.1) is 5.92 Å². The van der Waals surface area contributed by atoms with Crippen molar-refractivity contribution in [3.63, 3.8) is 0 Å². The van der Waals surface area contributed by atoms with E-state index in [2.05, 4.69) is 10.6 Å². The minimum absolute atomic E-state index is 0.0234. The summed E-state index contributed by atoms with van der Waals surface area (Å²) in [6, 6.07) is -0.122. The van der Waals surface area contributed by atoms with Gasteiger partial charge in [-0.25, -0.2) is 4.79 Å². The Kier molecular flexibility index (Phi) is 5.80. The zero-order chi connectivity index (χ0) is 12.7. The van der Waals surface area contributed by atoms with E-state index in [1.54, 1.807) is 0 Å². The van der Waals surface area contributed by atoms with E-state index >= 15 is 0 Å². The van der Waals surface area contributed by atoms with Crippen LogP contribution in [0.5, 0.6) is 0 Å². The summed E-state index contributed by atoms with van der Waals surface area (Å²) >= 11 is 0. The molecule has 5 nitrogen and oxygen atoms in total. The van der Waals surface area contributed by atoms with Crippen LogP contribution < -0.4 is 10.6 Å². The van der Waals surface area contributed by atoms with Crippen molar-refractivity contribution < 1.29 is 14.7 Å². The molecule has 0 heterocycles. The summed E-state index contributed by atoms with van der Waals surface area (Å²) in [6.07, 6.45) is 5.13. The lowest BCUT2D eigenvalue weighted by Gasteiger charge is -2.14. The van der Waals surface area contributed by atoms with Crippen molar-refractivity contribution in [3.8, 4) is 0 Å². The third-order valence-corrected chi connectivity index (χ3v) is 2.94. The number of hydrogen-bond donors (Lipinski definition) is 3. The second-order valence-corrected chi connectivity index (χ2v) is 4.82. The second-order valence-electron chi connectivity index (χ2n) is 4.82. The highest BCUT2D eigenvalue weighted by molar-refractivity contribution is 5.74. The molecule has 0 spiro atoms. The number of urea groups is 1. The van der Waals surface area contributed by atoms with Gasteiger partial charge in [-0.3, -0.25) is 4.79 Å². The van der Waals surface area contributed by atoms with Gasteiger partial charge >= 0.3 is 12.0 Å². The van der Waals surface area contributed by atoms with E-state index in [4.69, 9.17) is 5.11 Å². The first kappa shape index (κ1) is 13.8. The molecule has 0 radical (unpaired) electrons. The van der Waals surface area contributed by atoms with Gasteiger partial charge in [0.2, 0.25) is 0 Å². The minimum atomic E-state index is -0.786. The van der Waals surface area contributed by atoms with Crippen LogP contribution in [-0.2, 0) is 4.79 Å². The monoisotopic (exact) mass is 242 g/mol. The number of carbonyl (C=O) groups excluding carboxylic acids is 1. The molecule has 98 valence electrons. The fourth-order valence-corrected chi connectivity index (χ4v) is 1.70. The molecule has 0 aromatic heterocycles. The smallest absolute Gasteiger partial charge is 0.314 e. The van der Waals surface area contributed by atoms with E-state index in [1.165, 1.54) is 12.8 Å². The number of nitrogens with one attached hydrogen (secondary N) is 2. The number of carboxylic acids is 1. The van der Waals surface area contributed by atoms with Gasteiger partial charge in [0.05, 0.1) is 0 Å². The SMILES string of the molecule is CC(CCCC(=O)O)NC(=O)NCCC1CC1. The molecule has 1 unspecified atom stereocenters. The standard InChI is InChI=1S/C12H22N2O3/c1-9(3-2-4-11(15)16)14-12(17)13-8-7-10-5-6-10/h9-10H,2-8H2,1H3,(H,15,16)(H2,13,14,17). The van der Waals surface area contributed by atoms with Gasteiger partial charge in [-0.1, -0.05) is 12.8 Å². The van der Waals surface area contributed by atoms with Crippen LogP contribution in [0.1, 0.15) is 45.4 Å². The van der Waals surface area contributed by atoms with Gasteiger partial charge in [-0.05, 0) is 32.1 Å². The van der Waals surface area contributed by atoms with Gasteiger partial charge in [0.25, 0.3) is 0 Å². The van der Waals surface area contributed by atoms with Crippen molar-refractivity contribution in [2.45, 2.75) is 51.5 Å². The van der Waals surface area contributed by atoms with Gasteiger partial charge in [0.1, 0.15) is 0 Å². The van der Waals surface area contributed by atoms with Gasteiger partial charge in [-0.15, -0.1) is 0 Å². The Bertz CT molecular complexity index is 264. The molecule has 5 heteroatoms. The van der Waals surface area contributed by atoms with Crippen LogP contribution in [0.3, 0.4) is 0 Å². The van der Waals surface area contributed by atoms with Crippen molar-refractivity contribution in [2.24, 2.45) is 5.92 Å². The molecule has 0 aliphatic heterocycles. The minimum Gasteiger partial charge on any atom is -0.481 e. The van der Waals surface area contributed by atoms with Crippen LogP contribution in [0.4, 0.5) is 4.79 Å². The van der Waals surface area contributed by atoms with Gasteiger partial charge in [-0.2, -0.15) is 0 Å². The molecular weight excluding hydrogens is 220 g/mol. The first-order valence-electron chi connectivity index (χ1n) is 6.34. The Morgan fingerprint density at radius 1 is 1.41 bits per heavy atom. The normalized spacial score (nSPS) is 16.3. The van der Waals surface area contributed by atoms with Gasteiger partial charge in [0.15, 0.2) is 0 Å². The molecule has 1 saturated carbocycles. The Hall–Kier alpha value is -1.26. The Morgan fingerprint density at radius 2 is 2.12 bits per heavy atom. The van der Waals surface area contributed by atoms with Gasteiger partial charge in [0, 0.05) is 19.0 Å². The Balaban J connectivity index is 1.97. The van der Waals surface area contributed by atoms with Crippen LogP contribution in [0.2, 0.25) is 0 Å². The molecule has 0 bridgehead atoms. The number of carbonyl (C=O) groups is 2. The van der Waals surface area contributed by atoms with E-state index in [-0.39, 0.29) is 18.5 Å². The number of aliphatic carboxylic acids is 1. The Labute approximate surface area is 102 Å². The molecule has 17 heavy (non-hydrogen) atoms. The highest BCUT2D eigenvalue weighted by Crippen LogP contribution is 2.31. The molecule has 0 saturated heterocycles. The molecule has 1 aliphatic rings. The quantitative estimate of drug-likeness (QED) is 0.606. The predicted molar refractivity (Wildman–Crippen MR) is 64.8 cm³/mol. The predicted octanol–water partition coefficient (Wildman–Crippen LogP) is 1.73. The summed E-state index contributed by atoms with van der Waals surface area (Å²) in [4.78, 5) is 21.7. The first-order chi connectivity index (χ1) is 8.08. The van der Waals surface area contributed by atoms with Crippen LogP contribution in [0.25, 0.3) is 0 Å². The van der Waals surface area contributed by atoms with Crippen LogP contribution in [0.15, 0.2) is 0 Å². The first-order valence-corrected chi connectivity index (χ1v) is 6.34. The van der Waals surface area contributed by atoms with E-state index in [0.717, 1.165) is 18.9 Å². The Morgan fingerprint density at radius 3 is 2.71 bits per heavy atom. The van der Waals surface area contributed by atoms with Crippen LogP contribution in [-0.4, -0.2) is 29.7 Å². The summed E-state index contributed by atoms with van der Waals surface area (Å²) in [7, 11) is 0. The van der Waals surface area contributed by atoms with E-state index in [0.29, 0.717) is 12.8 Å². The highest BCUT2D eigenvalue weighted by Gasteiger charge is 2.20. The van der Waals surface area contributed by atoms with Crippen molar-refractivity contribution in [3.05, 3.63) is 0 Å². The van der Waals surface area contributed by atoms with Crippen molar-refractivity contribution in [1.82, 2.24) is 10.6 Å².